The van der Waals surface area contributed by atoms with Crippen LogP contribution in [-0.4, -0.2) is 35.1 Å². The van der Waals surface area contributed by atoms with Gasteiger partial charge in [0.2, 0.25) is 5.91 Å². The average molecular weight is 218 g/mol. The first kappa shape index (κ1) is 13.4. The predicted octanol–water partition coefficient (Wildman–Crippen LogP) is -1.40. The number of hydrogen-bond donors (Lipinski definition) is 3. The van der Waals surface area contributed by atoms with Crippen LogP contribution in [0.4, 0.5) is 0 Å². The molecule has 0 radical (unpaired) electrons. The molecule has 0 aliphatic carbocycles. The third-order valence-electron chi connectivity index (χ3n) is 1.65. The summed E-state index contributed by atoms with van der Waals surface area (Å²) in [5.74, 6) is -2.69. The molecule has 0 rings (SSSR count). The zero-order valence-electron chi connectivity index (χ0n) is 8.30. The van der Waals surface area contributed by atoms with Crippen molar-refractivity contribution in [2.75, 3.05) is 0 Å². The van der Waals surface area contributed by atoms with E-state index in [-0.39, 0.29) is 12.8 Å². The number of esters is 1. The van der Waals surface area contributed by atoms with Gasteiger partial charge in [-0.15, -0.1) is 0 Å². The number of hydrogen-bond acceptors (Lipinski definition) is 5. The van der Waals surface area contributed by atoms with Crippen molar-refractivity contribution in [3.8, 4) is 0 Å². The quantitative estimate of drug-likeness (QED) is 0.469. The molecule has 0 aromatic carbocycles. The molecule has 0 aliphatic heterocycles. The lowest BCUT2D eigenvalue weighted by Crippen LogP contribution is -2.37. The molecule has 0 spiro atoms. The Morgan fingerprint density at radius 3 is 2.33 bits per heavy atom. The largest absolute Gasteiger partial charge is 0.479 e. The Kier molecular flexibility index (Phi) is 5.32. The van der Waals surface area contributed by atoms with E-state index in [1.54, 1.807) is 0 Å². The van der Waals surface area contributed by atoms with Crippen molar-refractivity contribution in [2.24, 2.45) is 11.5 Å². The topological polar surface area (TPSA) is 133 Å². The molecular formula is C8H14N2O5. The Morgan fingerprint density at radius 1 is 1.40 bits per heavy atom. The fourth-order valence-electron chi connectivity index (χ4n) is 0.728. The molecule has 5 N–H and O–H groups in total. The highest BCUT2D eigenvalue weighted by molar-refractivity contribution is 5.81. The minimum absolute atomic E-state index is 0.0422. The third-order valence-corrected chi connectivity index (χ3v) is 1.65. The minimum atomic E-state index is -1.26. The highest BCUT2D eigenvalue weighted by atomic mass is 16.6. The van der Waals surface area contributed by atoms with Crippen LogP contribution in [0.25, 0.3) is 0 Å². The van der Waals surface area contributed by atoms with E-state index >= 15 is 0 Å². The van der Waals surface area contributed by atoms with Crippen molar-refractivity contribution >= 4 is 17.8 Å². The Morgan fingerprint density at radius 2 is 1.93 bits per heavy atom. The maximum absolute atomic E-state index is 11.1. The summed E-state index contributed by atoms with van der Waals surface area (Å²) < 4.78 is 4.49. The molecule has 0 unspecified atom stereocenters. The summed E-state index contributed by atoms with van der Waals surface area (Å²) >= 11 is 0. The summed E-state index contributed by atoms with van der Waals surface area (Å²) in [6.07, 6.45) is -1.25. The summed E-state index contributed by atoms with van der Waals surface area (Å²) in [6, 6.07) is -1.03. The van der Waals surface area contributed by atoms with Crippen LogP contribution >= 0.6 is 0 Å². The number of carbonyl (C=O) groups is 3. The van der Waals surface area contributed by atoms with Gasteiger partial charge in [0.15, 0.2) is 6.10 Å². The average Bonchev–Trinajstić information content (AvgIpc) is 2.13. The fourth-order valence-corrected chi connectivity index (χ4v) is 0.728. The van der Waals surface area contributed by atoms with Crippen molar-refractivity contribution in [1.82, 2.24) is 0 Å². The fraction of sp³-hybridized carbons (Fsp3) is 0.625. The number of carbonyl (C=O) groups excluding carboxylic acids is 2. The Labute approximate surface area is 86.4 Å². The van der Waals surface area contributed by atoms with Crippen LogP contribution < -0.4 is 11.5 Å². The smallest absolute Gasteiger partial charge is 0.344 e. The zero-order valence-corrected chi connectivity index (χ0v) is 8.30. The van der Waals surface area contributed by atoms with E-state index in [0.29, 0.717) is 0 Å². The van der Waals surface area contributed by atoms with E-state index in [0.717, 1.165) is 0 Å². The minimum Gasteiger partial charge on any atom is -0.479 e. The van der Waals surface area contributed by atoms with E-state index in [1.165, 1.54) is 6.92 Å². The number of carboxylic acid groups (broad SMARTS) is 1. The molecule has 0 fully saturated rings. The van der Waals surface area contributed by atoms with E-state index in [2.05, 4.69) is 4.74 Å². The lowest BCUT2D eigenvalue weighted by molar-refractivity contribution is -0.163. The van der Waals surface area contributed by atoms with Gasteiger partial charge in [0, 0.05) is 6.42 Å². The van der Waals surface area contributed by atoms with Crippen LogP contribution in [-0.2, 0) is 19.1 Å². The molecule has 0 bridgehead atoms. The second-order valence-electron chi connectivity index (χ2n) is 3.03. The Balaban J connectivity index is 3.99. The van der Waals surface area contributed by atoms with Crippen LogP contribution in [0.3, 0.4) is 0 Å². The summed E-state index contributed by atoms with van der Waals surface area (Å²) in [5, 5.41) is 8.44. The Hall–Kier alpha value is -1.63. The summed E-state index contributed by atoms with van der Waals surface area (Å²) in [7, 11) is 0. The van der Waals surface area contributed by atoms with E-state index in [4.69, 9.17) is 16.6 Å². The molecular weight excluding hydrogens is 204 g/mol. The number of primary amides is 1. The summed E-state index contributed by atoms with van der Waals surface area (Å²) in [6.45, 7) is 1.21. The van der Waals surface area contributed by atoms with Crippen LogP contribution in [0.1, 0.15) is 19.8 Å². The lowest BCUT2D eigenvalue weighted by atomic mass is 10.1. The maximum Gasteiger partial charge on any atom is 0.344 e. The molecule has 1 amide bonds. The highest BCUT2D eigenvalue weighted by Gasteiger charge is 2.21. The molecule has 86 valence electrons. The van der Waals surface area contributed by atoms with Gasteiger partial charge in [0.1, 0.15) is 6.04 Å². The molecule has 0 aromatic heterocycles. The number of carboxylic acids is 1. The van der Waals surface area contributed by atoms with Crippen molar-refractivity contribution in [3.05, 3.63) is 0 Å². The number of aliphatic carboxylic acids is 1. The predicted molar refractivity (Wildman–Crippen MR) is 49.6 cm³/mol. The molecule has 0 heterocycles. The molecule has 15 heavy (non-hydrogen) atoms. The van der Waals surface area contributed by atoms with Gasteiger partial charge in [0.25, 0.3) is 0 Å². The SMILES string of the molecule is C[C@@H](OC(=O)[C@@H](N)CCC(N)=O)C(=O)O. The van der Waals surface area contributed by atoms with Gasteiger partial charge in [-0.05, 0) is 13.3 Å². The van der Waals surface area contributed by atoms with E-state index in [9.17, 15) is 14.4 Å². The van der Waals surface area contributed by atoms with Gasteiger partial charge in [-0.25, -0.2) is 4.79 Å². The standard InChI is InChI=1S/C8H14N2O5/c1-4(7(12)13)15-8(14)5(9)2-3-6(10)11/h4-5H,2-3,9H2,1H3,(H2,10,11)(H,12,13)/t4-,5+/m1/s1. The molecule has 7 heteroatoms. The lowest BCUT2D eigenvalue weighted by Gasteiger charge is -2.13. The summed E-state index contributed by atoms with van der Waals surface area (Å²) in [5.41, 5.74) is 10.2. The monoisotopic (exact) mass is 218 g/mol. The van der Waals surface area contributed by atoms with Crippen molar-refractivity contribution in [1.29, 1.82) is 0 Å². The van der Waals surface area contributed by atoms with Gasteiger partial charge in [0.05, 0.1) is 0 Å². The number of nitrogens with two attached hydrogens (primary N) is 2. The molecule has 0 aliphatic rings. The molecule has 0 saturated heterocycles. The van der Waals surface area contributed by atoms with Gasteiger partial charge in [-0.1, -0.05) is 0 Å². The van der Waals surface area contributed by atoms with E-state index in [1.807, 2.05) is 0 Å². The maximum atomic E-state index is 11.1. The van der Waals surface area contributed by atoms with Crippen molar-refractivity contribution in [3.63, 3.8) is 0 Å². The van der Waals surface area contributed by atoms with Crippen LogP contribution in [0.2, 0.25) is 0 Å². The van der Waals surface area contributed by atoms with Gasteiger partial charge < -0.3 is 21.3 Å². The highest BCUT2D eigenvalue weighted by Crippen LogP contribution is 2.00. The van der Waals surface area contributed by atoms with Crippen molar-refractivity contribution < 1.29 is 24.2 Å². The first-order chi connectivity index (χ1) is 6.84. The molecule has 7 nitrogen and oxygen atoms in total. The first-order valence-electron chi connectivity index (χ1n) is 4.31. The van der Waals surface area contributed by atoms with Gasteiger partial charge in [-0.2, -0.15) is 0 Å². The van der Waals surface area contributed by atoms with Crippen LogP contribution in [0, 0.1) is 0 Å². The second kappa shape index (κ2) is 5.97. The van der Waals surface area contributed by atoms with Gasteiger partial charge in [-0.3, -0.25) is 9.59 Å². The Bertz CT molecular complexity index is 266. The number of amides is 1. The molecule has 0 saturated carbocycles. The van der Waals surface area contributed by atoms with Crippen LogP contribution in [0.5, 0.6) is 0 Å². The molecule has 0 aromatic rings. The number of rotatable bonds is 6. The van der Waals surface area contributed by atoms with Gasteiger partial charge >= 0.3 is 11.9 Å². The van der Waals surface area contributed by atoms with Crippen molar-refractivity contribution in [2.45, 2.75) is 31.9 Å². The number of ether oxygens (including phenoxy) is 1. The normalized spacial score (nSPS) is 14.0. The third kappa shape index (κ3) is 5.63. The zero-order chi connectivity index (χ0) is 12.0. The second-order valence-corrected chi connectivity index (χ2v) is 3.03. The first-order valence-corrected chi connectivity index (χ1v) is 4.31. The van der Waals surface area contributed by atoms with E-state index < -0.39 is 30.0 Å². The van der Waals surface area contributed by atoms with Crippen LogP contribution in [0.15, 0.2) is 0 Å². The summed E-state index contributed by atoms with van der Waals surface area (Å²) in [4.78, 5) is 31.8. The molecule has 2 atom stereocenters.